The second-order valence-electron chi connectivity index (χ2n) is 3.14. The normalized spacial score (nSPS) is 10.4. The molecule has 0 radical (unpaired) electrons. The van der Waals surface area contributed by atoms with Gasteiger partial charge in [-0.05, 0) is 25.2 Å². The summed E-state index contributed by atoms with van der Waals surface area (Å²) in [6.45, 7) is 4.18. The van der Waals surface area contributed by atoms with Gasteiger partial charge in [-0.3, -0.25) is 0 Å². The summed E-state index contributed by atoms with van der Waals surface area (Å²) in [7, 11) is 0. The van der Waals surface area contributed by atoms with Gasteiger partial charge in [-0.25, -0.2) is 9.97 Å². The van der Waals surface area contributed by atoms with Crippen molar-refractivity contribution in [2.75, 3.05) is 5.75 Å². The Kier molecular flexibility index (Phi) is 4.22. The molecule has 0 spiro atoms. The highest BCUT2D eigenvalue weighted by Crippen LogP contribution is 2.04. The van der Waals surface area contributed by atoms with Crippen LogP contribution in [-0.4, -0.2) is 15.7 Å². The summed E-state index contributed by atoms with van der Waals surface area (Å²) in [4.78, 5) is 8.80. The Morgan fingerprint density at radius 1 is 1.31 bits per heavy atom. The Morgan fingerprint density at radius 2 is 2.08 bits per heavy atom. The number of aryl methyl sites for hydroxylation is 3. The quantitative estimate of drug-likeness (QED) is 0.747. The highest BCUT2D eigenvalue weighted by atomic mass is 32.1. The highest BCUT2D eigenvalue weighted by molar-refractivity contribution is 7.80. The standard InChI is InChI=1S/C10H16N2S/c1-3-4-9-7-8(2)11-10(12-9)5-6-13/h7,13H,3-6H2,1-2H3. The highest BCUT2D eigenvalue weighted by Gasteiger charge is 2.00. The van der Waals surface area contributed by atoms with Gasteiger partial charge in [0.25, 0.3) is 0 Å². The van der Waals surface area contributed by atoms with Crippen LogP contribution in [0.1, 0.15) is 30.6 Å². The van der Waals surface area contributed by atoms with Gasteiger partial charge in [0, 0.05) is 17.8 Å². The van der Waals surface area contributed by atoms with Crippen LogP contribution in [0.15, 0.2) is 6.07 Å². The Morgan fingerprint density at radius 3 is 2.69 bits per heavy atom. The van der Waals surface area contributed by atoms with Crippen molar-refractivity contribution in [3.8, 4) is 0 Å². The van der Waals surface area contributed by atoms with E-state index in [-0.39, 0.29) is 0 Å². The zero-order valence-corrected chi connectivity index (χ0v) is 9.14. The van der Waals surface area contributed by atoms with Crippen LogP contribution in [0, 0.1) is 6.92 Å². The van der Waals surface area contributed by atoms with Gasteiger partial charge in [0.15, 0.2) is 0 Å². The molecule has 13 heavy (non-hydrogen) atoms. The first kappa shape index (κ1) is 10.5. The van der Waals surface area contributed by atoms with Gasteiger partial charge < -0.3 is 0 Å². The molecule has 0 aliphatic rings. The Bertz CT molecular complexity index is 249. The number of hydrogen-bond donors (Lipinski definition) is 1. The molecule has 0 atom stereocenters. The average Bonchev–Trinajstić information content (AvgIpc) is 2.04. The maximum Gasteiger partial charge on any atom is 0.129 e. The molecular formula is C10H16N2S. The Hall–Kier alpha value is -0.570. The number of nitrogens with zero attached hydrogens (tertiary/aromatic N) is 2. The monoisotopic (exact) mass is 196 g/mol. The lowest BCUT2D eigenvalue weighted by molar-refractivity contribution is 0.826. The lowest BCUT2D eigenvalue weighted by Crippen LogP contribution is -2.02. The molecule has 1 heterocycles. The van der Waals surface area contributed by atoms with Crippen molar-refractivity contribution in [3.05, 3.63) is 23.3 Å². The van der Waals surface area contributed by atoms with Gasteiger partial charge >= 0.3 is 0 Å². The third-order valence-corrected chi connectivity index (χ3v) is 2.02. The van der Waals surface area contributed by atoms with Gasteiger partial charge in [0.2, 0.25) is 0 Å². The Labute approximate surface area is 85.2 Å². The van der Waals surface area contributed by atoms with Crippen molar-refractivity contribution < 1.29 is 0 Å². The topological polar surface area (TPSA) is 25.8 Å². The maximum absolute atomic E-state index is 4.45. The van der Waals surface area contributed by atoms with Crippen molar-refractivity contribution in [1.29, 1.82) is 0 Å². The van der Waals surface area contributed by atoms with E-state index in [1.54, 1.807) is 0 Å². The summed E-state index contributed by atoms with van der Waals surface area (Å²) in [5, 5.41) is 0. The zero-order valence-electron chi connectivity index (χ0n) is 8.25. The van der Waals surface area contributed by atoms with Crippen LogP contribution in [0.2, 0.25) is 0 Å². The fraction of sp³-hybridized carbons (Fsp3) is 0.600. The minimum Gasteiger partial charge on any atom is -0.238 e. The summed E-state index contributed by atoms with van der Waals surface area (Å²) in [6, 6.07) is 2.06. The van der Waals surface area contributed by atoms with Crippen molar-refractivity contribution in [1.82, 2.24) is 9.97 Å². The van der Waals surface area contributed by atoms with Crippen LogP contribution < -0.4 is 0 Å². The third kappa shape index (κ3) is 3.35. The van der Waals surface area contributed by atoms with Crippen LogP contribution in [0.5, 0.6) is 0 Å². The van der Waals surface area contributed by atoms with Crippen LogP contribution in [-0.2, 0) is 12.8 Å². The lowest BCUT2D eigenvalue weighted by Gasteiger charge is -2.03. The summed E-state index contributed by atoms with van der Waals surface area (Å²) in [5.41, 5.74) is 2.22. The van der Waals surface area contributed by atoms with E-state index >= 15 is 0 Å². The predicted octanol–water partition coefficient (Wildman–Crippen LogP) is 2.21. The first-order valence-corrected chi connectivity index (χ1v) is 5.33. The van der Waals surface area contributed by atoms with Crippen molar-refractivity contribution in [2.24, 2.45) is 0 Å². The van der Waals surface area contributed by atoms with Crippen molar-refractivity contribution in [2.45, 2.75) is 33.1 Å². The summed E-state index contributed by atoms with van der Waals surface area (Å²) >= 11 is 4.17. The van der Waals surface area contributed by atoms with E-state index in [0.717, 1.165) is 42.2 Å². The average molecular weight is 196 g/mol. The van der Waals surface area contributed by atoms with Crippen molar-refractivity contribution >= 4 is 12.6 Å². The molecule has 0 saturated heterocycles. The minimum absolute atomic E-state index is 0.815. The molecule has 0 unspecified atom stereocenters. The van der Waals surface area contributed by atoms with Crippen molar-refractivity contribution in [3.63, 3.8) is 0 Å². The van der Waals surface area contributed by atoms with E-state index in [1.807, 2.05) is 6.92 Å². The van der Waals surface area contributed by atoms with E-state index < -0.39 is 0 Å². The molecule has 2 nitrogen and oxygen atoms in total. The fourth-order valence-corrected chi connectivity index (χ4v) is 1.50. The van der Waals surface area contributed by atoms with Crippen LogP contribution in [0.4, 0.5) is 0 Å². The van der Waals surface area contributed by atoms with Gasteiger partial charge in [0.05, 0.1) is 0 Å². The minimum atomic E-state index is 0.815. The van der Waals surface area contributed by atoms with E-state index in [0.29, 0.717) is 0 Å². The molecule has 1 aromatic heterocycles. The Balaban J connectivity index is 2.83. The smallest absolute Gasteiger partial charge is 0.129 e. The lowest BCUT2D eigenvalue weighted by atomic mass is 10.2. The molecule has 3 heteroatoms. The zero-order chi connectivity index (χ0) is 9.68. The van der Waals surface area contributed by atoms with E-state index in [2.05, 4.69) is 35.6 Å². The van der Waals surface area contributed by atoms with Gasteiger partial charge in [0.1, 0.15) is 5.82 Å². The second-order valence-corrected chi connectivity index (χ2v) is 3.59. The molecule has 0 aromatic carbocycles. The largest absolute Gasteiger partial charge is 0.238 e. The van der Waals surface area contributed by atoms with E-state index in [1.165, 1.54) is 0 Å². The summed E-state index contributed by atoms with van der Waals surface area (Å²) in [5.74, 6) is 1.74. The SMILES string of the molecule is CCCc1cc(C)nc(CCS)n1. The van der Waals surface area contributed by atoms with Crippen LogP contribution >= 0.6 is 12.6 Å². The van der Waals surface area contributed by atoms with Crippen LogP contribution in [0.25, 0.3) is 0 Å². The first-order valence-electron chi connectivity index (χ1n) is 4.70. The molecule has 0 fully saturated rings. The molecule has 0 aliphatic carbocycles. The second kappa shape index (κ2) is 5.22. The molecule has 0 aliphatic heterocycles. The van der Waals surface area contributed by atoms with Gasteiger partial charge in [-0.1, -0.05) is 13.3 Å². The molecule has 0 saturated carbocycles. The molecular weight excluding hydrogens is 180 g/mol. The van der Waals surface area contributed by atoms with E-state index in [9.17, 15) is 0 Å². The molecule has 1 rings (SSSR count). The maximum atomic E-state index is 4.45. The van der Waals surface area contributed by atoms with Gasteiger partial charge in [-0.15, -0.1) is 0 Å². The molecule has 0 bridgehead atoms. The fourth-order valence-electron chi connectivity index (χ4n) is 1.30. The van der Waals surface area contributed by atoms with E-state index in [4.69, 9.17) is 0 Å². The van der Waals surface area contributed by atoms with Gasteiger partial charge in [-0.2, -0.15) is 12.6 Å². The summed E-state index contributed by atoms with van der Waals surface area (Å²) < 4.78 is 0. The number of aromatic nitrogens is 2. The molecule has 1 aromatic rings. The molecule has 0 amide bonds. The third-order valence-electron chi connectivity index (χ3n) is 1.80. The predicted molar refractivity (Wildman–Crippen MR) is 58.3 cm³/mol. The number of hydrogen-bond acceptors (Lipinski definition) is 3. The molecule has 72 valence electrons. The number of thiol groups is 1. The molecule has 0 N–H and O–H groups in total. The van der Waals surface area contributed by atoms with Crippen LogP contribution in [0.3, 0.4) is 0 Å². The number of rotatable bonds is 4. The summed E-state index contributed by atoms with van der Waals surface area (Å²) in [6.07, 6.45) is 3.04. The first-order chi connectivity index (χ1) is 6.26.